The lowest BCUT2D eigenvalue weighted by atomic mass is 9.95. The van der Waals surface area contributed by atoms with Crippen LogP contribution in [0.1, 0.15) is 45.4 Å². The van der Waals surface area contributed by atoms with E-state index in [2.05, 4.69) is 11.9 Å². The number of nitrogens with one attached hydrogen (secondary N) is 1. The lowest BCUT2D eigenvalue weighted by molar-refractivity contribution is -0.122. The van der Waals surface area contributed by atoms with Gasteiger partial charge in [0.1, 0.15) is 11.9 Å². The van der Waals surface area contributed by atoms with Crippen molar-refractivity contribution in [3.05, 3.63) is 88.9 Å². The average molecular weight is 490 g/mol. The number of hydrogen-bond donors (Lipinski definition) is 1. The summed E-state index contributed by atoms with van der Waals surface area (Å²) >= 11 is 0. The standard InChI is InChI=1S/C29H28FN3O3/c1-18-5-9-26(28(34)31-18)33-25-10-8-20(22-3-2-4-23(27(22)25)29(33)35)16-21-7-6-19(15-24(21)30)17-32-11-13-36-14-12-32/h2-4,6-8,10,15,26H,1,5,9,11-14,16-17H2,(H,31,34)/i16D2,17D2. The highest BCUT2D eigenvalue weighted by Crippen LogP contribution is 2.41. The van der Waals surface area contributed by atoms with E-state index in [9.17, 15) is 9.59 Å². The minimum absolute atomic E-state index is 0.0986. The first kappa shape index (κ1) is 18.7. The second-order valence-corrected chi connectivity index (χ2v) is 9.21. The van der Waals surface area contributed by atoms with Crippen molar-refractivity contribution in [3.63, 3.8) is 0 Å². The van der Waals surface area contributed by atoms with Gasteiger partial charge in [-0.05, 0) is 53.1 Å². The Hall–Kier alpha value is -3.55. The highest BCUT2D eigenvalue weighted by molar-refractivity contribution is 6.27. The molecule has 6 rings (SSSR count). The number of hydrogen-bond acceptors (Lipinski definition) is 4. The van der Waals surface area contributed by atoms with Crippen molar-refractivity contribution in [3.8, 4) is 0 Å². The predicted molar refractivity (Wildman–Crippen MR) is 136 cm³/mol. The van der Waals surface area contributed by atoms with Gasteiger partial charge < -0.3 is 10.1 Å². The highest BCUT2D eigenvalue weighted by Gasteiger charge is 2.40. The molecule has 0 aromatic heterocycles. The minimum atomic E-state index is -2.30. The zero-order valence-corrected chi connectivity index (χ0v) is 19.6. The molecule has 1 atom stereocenters. The van der Waals surface area contributed by atoms with Crippen LogP contribution in [0.3, 0.4) is 0 Å². The van der Waals surface area contributed by atoms with Crippen LogP contribution in [-0.2, 0) is 22.4 Å². The molecule has 2 amide bonds. The molecule has 3 heterocycles. The van der Waals surface area contributed by atoms with Gasteiger partial charge in [0.25, 0.3) is 5.91 Å². The third-order valence-corrected chi connectivity index (χ3v) is 6.90. The lowest BCUT2D eigenvalue weighted by Crippen LogP contribution is -2.51. The molecule has 0 radical (unpaired) electrons. The molecule has 3 aromatic carbocycles. The van der Waals surface area contributed by atoms with Crippen molar-refractivity contribution >= 4 is 28.3 Å². The van der Waals surface area contributed by atoms with Crippen LogP contribution < -0.4 is 10.2 Å². The molecule has 3 aromatic rings. The quantitative estimate of drug-likeness (QED) is 0.585. The number of piperidine rings is 1. The molecule has 36 heavy (non-hydrogen) atoms. The zero-order valence-electron chi connectivity index (χ0n) is 23.6. The maximum Gasteiger partial charge on any atom is 0.259 e. The summed E-state index contributed by atoms with van der Waals surface area (Å²) in [5, 5.41) is 3.69. The van der Waals surface area contributed by atoms with E-state index in [0.717, 1.165) is 6.07 Å². The maximum atomic E-state index is 15.6. The minimum Gasteiger partial charge on any atom is -0.379 e. The Labute approximate surface area is 214 Å². The van der Waals surface area contributed by atoms with E-state index >= 15 is 4.39 Å². The van der Waals surface area contributed by atoms with Gasteiger partial charge in [-0.2, -0.15) is 0 Å². The molecule has 0 bridgehead atoms. The molecule has 1 unspecified atom stereocenters. The van der Waals surface area contributed by atoms with E-state index < -0.39 is 24.7 Å². The number of carbonyl (C=O) groups excluding carboxylic acids is 2. The molecular formula is C29H28FN3O3. The summed E-state index contributed by atoms with van der Waals surface area (Å²) in [5.74, 6) is -1.52. The van der Waals surface area contributed by atoms with Crippen LogP contribution in [-0.4, -0.2) is 49.1 Å². The fourth-order valence-corrected chi connectivity index (χ4v) is 5.12. The second-order valence-electron chi connectivity index (χ2n) is 9.21. The SMILES string of the molecule is [2H]C([2H])(c1ccc(C([2H])([2H])N2CCOCC2)cc1F)c1ccc2c3c(cccc13)C(=O)N2C1CCC(=C)NC1=O. The van der Waals surface area contributed by atoms with E-state index in [4.69, 9.17) is 10.2 Å². The first-order chi connectivity index (χ1) is 19.0. The number of morpholine rings is 1. The van der Waals surface area contributed by atoms with E-state index in [0.29, 0.717) is 66.9 Å². The molecular weight excluding hydrogens is 457 g/mol. The summed E-state index contributed by atoms with van der Waals surface area (Å²) in [6.07, 6.45) is -1.34. The van der Waals surface area contributed by atoms with E-state index in [1.54, 1.807) is 29.2 Å². The Bertz CT molecular complexity index is 1570. The molecule has 0 aliphatic carbocycles. The topological polar surface area (TPSA) is 61.9 Å². The van der Waals surface area contributed by atoms with Crippen molar-refractivity contribution in [2.75, 3.05) is 31.2 Å². The molecule has 0 saturated carbocycles. The highest BCUT2D eigenvalue weighted by atomic mass is 19.1. The van der Waals surface area contributed by atoms with Crippen molar-refractivity contribution in [1.29, 1.82) is 0 Å². The molecule has 7 heteroatoms. The summed E-state index contributed by atoms with van der Waals surface area (Å²) < 4.78 is 56.0. The fourth-order valence-electron chi connectivity index (χ4n) is 5.12. The van der Waals surface area contributed by atoms with E-state index in [1.807, 2.05) is 0 Å². The van der Waals surface area contributed by atoms with E-state index in [1.165, 1.54) is 23.1 Å². The van der Waals surface area contributed by atoms with Gasteiger partial charge in [0.15, 0.2) is 0 Å². The number of halogens is 1. The van der Waals surface area contributed by atoms with Crippen LogP contribution in [0.5, 0.6) is 0 Å². The van der Waals surface area contributed by atoms with Crippen LogP contribution >= 0.6 is 0 Å². The third-order valence-electron chi connectivity index (χ3n) is 6.90. The largest absolute Gasteiger partial charge is 0.379 e. The van der Waals surface area contributed by atoms with Crippen LogP contribution in [0.15, 0.2) is 60.8 Å². The Kier molecular flexibility index (Phi) is 4.75. The van der Waals surface area contributed by atoms with Gasteiger partial charge in [-0.15, -0.1) is 0 Å². The molecule has 1 N–H and O–H groups in total. The van der Waals surface area contributed by atoms with Crippen molar-refractivity contribution in [1.82, 2.24) is 10.2 Å². The summed E-state index contributed by atoms with van der Waals surface area (Å²) in [4.78, 5) is 29.3. The number of ether oxygens (including phenoxy) is 1. The molecule has 3 aliphatic rings. The molecule has 184 valence electrons. The van der Waals surface area contributed by atoms with Crippen molar-refractivity contribution < 1.29 is 24.2 Å². The normalized spacial score (nSPS) is 22.8. The number of amides is 2. The van der Waals surface area contributed by atoms with Gasteiger partial charge in [-0.1, -0.05) is 36.9 Å². The Morgan fingerprint density at radius 1 is 1.11 bits per heavy atom. The third kappa shape index (κ3) is 3.98. The zero-order chi connectivity index (χ0) is 28.4. The Morgan fingerprint density at radius 3 is 2.69 bits per heavy atom. The number of rotatable bonds is 5. The fraction of sp³-hybridized carbons (Fsp3) is 0.310. The smallest absolute Gasteiger partial charge is 0.259 e. The van der Waals surface area contributed by atoms with Gasteiger partial charge in [-0.25, -0.2) is 4.39 Å². The Morgan fingerprint density at radius 2 is 1.92 bits per heavy atom. The summed E-state index contributed by atoms with van der Waals surface area (Å²) in [7, 11) is 0. The number of allylic oxidation sites excluding steroid dienone is 1. The number of benzene rings is 3. The van der Waals surface area contributed by atoms with Gasteiger partial charge in [0.05, 0.1) is 18.9 Å². The van der Waals surface area contributed by atoms with E-state index in [-0.39, 0.29) is 28.5 Å². The van der Waals surface area contributed by atoms with Gasteiger partial charge in [0.2, 0.25) is 5.91 Å². The lowest BCUT2D eigenvalue weighted by Gasteiger charge is -2.31. The summed E-state index contributed by atoms with van der Waals surface area (Å²) in [5.41, 5.74) is 1.51. The Balaban J connectivity index is 1.40. The van der Waals surface area contributed by atoms with Gasteiger partial charge in [-0.3, -0.25) is 19.4 Å². The monoisotopic (exact) mass is 489 g/mol. The maximum absolute atomic E-state index is 15.6. The number of nitrogens with zero attached hydrogens (tertiary/aromatic N) is 2. The van der Waals surface area contributed by atoms with Crippen LogP contribution in [0.4, 0.5) is 10.1 Å². The number of anilines is 1. The van der Waals surface area contributed by atoms with Crippen LogP contribution in [0.25, 0.3) is 10.8 Å². The second kappa shape index (κ2) is 9.15. The molecule has 3 aliphatic heterocycles. The summed E-state index contributed by atoms with van der Waals surface area (Å²) in [6, 6.07) is 11.2. The average Bonchev–Trinajstić information content (AvgIpc) is 3.21. The predicted octanol–water partition coefficient (Wildman–Crippen LogP) is 4.15. The van der Waals surface area contributed by atoms with Crippen molar-refractivity contribution in [2.24, 2.45) is 0 Å². The first-order valence-electron chi connectivity index (χ1n) is 14.0. The van der Waals surface area contributed by atoms with Gasteiger partial charge in [0, 0.05) is 48.1 Å². The van der Waals surface area contributed by atoms with Crippen LogP contribution in [0.2, 0.25) is 0 Å². The van der Waals surface area contributed by atoms with Crippen molar-refractivity contribution in [2.45, 2.75) is 31.8 Å². The number of carbonyl (C=O) groups is 2. The molecule has 2 saturated heterocycles. The molecule has 0 spiro atoms. The van der Waals surface area contributed by atoms with Crippen LogP contribution in [0, 0.1) is 5.82 Å². The summed E-state index contributed by atoms with van der Waals surface area (Å²) in [6.45, 7) is 3.36. The van der Waals surface area contributed by atoms with Gasteiger partial charge >= 0.3 is 0 Å². The molecule has 6 nitrogen and oxygen atoms in total. The molecule has 2 fully saturated rings. The first-order valence-corrected chi connectivity index (χ1v) is 12.0.